The molecule has 3 heterocycles. The number of fused-ring (bicyclic) bond motifs is 1. The summed E-state index contributed by atoms with van der Waals surface area (Å²) >= 11 is 0. The van der Waals surface area contributed by atoms with E-state index in [9.17, 15) is 14.4 Å². The summed E-state index contributed by atoms with van der Waals surface area (Å²) in [4.78, 5) is 41.0. The molecule has 1 saturated heterocycles. The van der Waals surface area contributed by atoms with Gasteiger partial charge in [0.1, 0.15) is 25.1 Å². The smallest absolute Gasteiger partial charge is 0.415 e. The molecule has 0 saturated carbocycles. The molecule has 0 aliphatic carbocycles. The number of aromatic nitrogens is 1. The molecule has 1 aromatic carbocycles. The third-order valence-corrected chi connectivity index (χ3v) is 4.58. The molecule has 2 N–H and O–H groups in total. The molecule has 10 heteroatoms. The number of anilines is 2. The number of nitrogens with zero attached hydrogens (tertiary/aromatic N) is 2. The average molecular weight is 412 g/mol. The maximum absolute atomic E-state index is 12.2. The summed E-state index contributed by atoms with van der Waals surface area (Å²) in [6.07, 6.45) is -1.07. The highest BCUT2D eigenvalue weighted by Gasteiger charge is 2.33. The van der Waals surface area contributed by atoms with Crippen LogP contribution in [0.2, 0.25) is 0 Å². The lowest BCUT2D eigenvalue weighted by Crippen LogP contribution is -2.30. The summed E-state index contributed by atoms with van der Waals surface area (Å²) in [5, 5.41) is 5.53. The maximum atomic E-state index is 12.2. The first-order valence-corrected chi connectivity index (χ1v) is 9.47. The SMILES string of the molecule is O=C1CNc2ccc(N3C[C@H](CCNC(=O)OCc4ccccc4)OC3=O)nc2O1. The summed E-state index contributed by atoms with van der Waals surface area (Å²) in [5.41, 5.74) is 1.48. The van der Waals surface area contributed by atoms with Crippen molar-refractivity contribution in [3.63, 3.8) is 0 Å². The Bertz CT molecular complexity index is 952. The van der Waals surface area contributed by atoms with Crippen LogP contribution in [0.5, 0.6) is 5.88 Å². The van der Waals surface area contributed by atoms with E-state index < -0.39 is 24.3 Å². The number of benzene rings is 1. The standard InChI is InChI=1S/C20H20N4O6/c25-17-10-22-15-6-7-16(23-18(15)30-17)24-11-14(29-20(24)27)8-9-21-19(26)28-12-13-4-2-1-3-5-13/h1-7,14,22H,8-12H2,(H,21,26)/t14-/m0/s1. The highest BCUT2D eigenvalue weighted by Crippen LogP contribution is 2.30. The van der Waals surface area contributed by atoms with Gasteiger partial charge < -0.3 is 24.8 Å². The molecule has 30 heavy (non-hydrogen) atoms. The third-order valence-electron chi connectivity index (χ3n) is 4.58. The molecular weight excluding hydrogens is 392 g/mol. The quantitative estimate of drug-likeness (QED) is 0.692. The maximum Gasteiger partial charge on any atom is 0.415 e. The Balaban J connectivity index is 1.24. The summed E-state index contributed by atoms with van der Waals surface area (Å²) in [5.74, 6) is 0.00931. The molecule has 1 atom stereocenters. The van der Waals surface area contributed by atoms with Crippen molar-refractivity contribution >= 4 is 29.7 Å². The van der Waals surface area contributed by atoms with E-state index in [0.717, 1.165) is 5.56 Å². The molecule has 156 valence electrons. The van der Waals surface area contributed by atoms with E-state index in [1.165, 1.54) is 4.90 Å². The van der Waals surface area contributed by atoms with Crippen molar-refractivity contribution in [3.8, 4) is 5.88 Å². The number of alkyl carbamates (subject to hydrolysis) is 1. The molecule has 2 aromatic rings. The number of pyridine rings is 1. The number of hydrogen-bond donors (Lipinski definition) is 2. The second-order valence-corrected chi connectivity index (χ2v) is 6.74. The normalized spacial score (nSPS) is 17.5. The first kappa shape index (κ1) is 19.5. The average Bonchev–Trinajstić information content (AvgIpc) is 3.13. The van der Waals surface area contributed by atoms with Gasteiger partial charge in [-0.25, -0.2) is 14.4 Å². The second-order valence-electron chi connectivity index (χ2n) is 6.74. The lowest BCUT2D eigenvalue weighted by atomic mass is 10.2. The highest BCUT2D eigenvalue weighted by atomic mass is 16.6. The van der Waals surface area contributed by atoms with E-state index in [4.69, 9.17) is 14.2 Å². The van der Waals surface area contributed by atoms with Crippen molar-refractivity contribution in [2.24, 2.45) is 0 Å². The minimum atomic E-state index is -0.547. The van der Waals surface area contributed by atoms with Crippen molar-refractivity contribution in [1.29, 1.82) is 0 Å². The van der Waals surface area contributed by atoms with Crippen LogP contribution < -0.4 is 20.3 Å². The van der Waals surface area contributed by atoms with Crippen LogP contribution in [0.25, 0.3) is 0 Å². The van der Waals surface area contributed by atoms with Crippen LogP contribution in [0.4, 0.5) is 21.1 Å². The fraction of sp³-hybridized carbons (Fsp3) is 0.300. The Morgan fingerprint density at radius 1 is 1.23 bits per heavy atom. The molecule has 0 unspecified atom stereocenters. The number of hydrogen-bond acceptors (Lipinski definition) is 8. The molecule has 1 fully saturated rings. The Hall–Kier alpha value is -3.82. The van der Waals surface area contributed by atoms with Crippen molar-refractivity contribution in [2.75, 3.05) is 29.9 Å². The largest absolute Gasteiger partial charge is 0.445 e. The zero-order valence-electron chi connectivity index (χ0n) is 16.0. The molecule has 2 aliphatic rings. The molecule has 2 aliphatic heterocycles. The summed E-state index contributed by atoms with van der Waals surface area (Å²) < 4.78 is 15.6. The summed E-state index contributed by atoms with van der Waals surface area (Å²) in [7, 11) is 0. The molecule has 0 radical (unpaired) electrons. The number of nitrogens with one attached hydrogen (secondary N) is 2. The van der Waals surface area contributed by atoms with Crippen molar-refractivity contribution in [2.45, 2.75) is 19.1 Å². The Morgan fingerprint density at radius 2 is 2.07 bits per heavy atom. The van der Waals surface area contributed by atoms with E-state index in [1.807, 2.05) is 30.3 Å². The van der Waals surface area contributed by atoms with E-state index in [2.05, 4.69) is 15.6 Å². The number of cyclic esters (lactones) is 1. The van der Waals surface area contributed by atoms with Crippen LogP contribution in [0.1, 0.15) is 12.0 Å². The molecule has 10 nitrogen and oxygen atoms in total. The van der Waals surface area contributed by atoms with Crippen LogP contribution in [-0.2, 0) is 20.9 Å². The van der Waals surface area contributed by atoms with Gasteiger partial charge in [-0.1, -0.05) is 30.3 Å². The highest BCUT2D eigenvalue weighted by molar-refractivity contribution is 5.89. The van der Waals surface area contributed by atoms with Crippen LogP contribution in [-0.4, -0.2) is 48.9 Å². The molecule has 1 aromatic heterocycles. The van der Waals surface area contributed by atoms with Gasteiger partial charge in [0, 0.05) is 13.0 Å². The fourth-order valence-corrected chi connectivity index (χ4v) is 3.07. The van der Waals surface area contributed by atoms with Crippen LogP contribution in [0.15, 0.2) is 42.5 Å². The predicted octanol–water partition coefficient (Wildman–Crippen LogP) is 2.05. The van der Waals surface area contributed by atoms with Crippen molar-refractivity contribution < 1.29 is 28.6 Å². The van der Waals surface area contributed by atoms with E-state index in [-0.39, 0.29) is 25.6 Å². The lowest BCUT2D eigenvalue weighted by Gasteiger charge is -2.19. The molecular formula is C20H20N4O6. The first-order chi connectivity index (χ1) is 14.6. The van der Waals surface area contributed by atoms with Gasteiger partial charge in [-0.2, -0.15) is 4.98 Å². The summed E-state index contributed by atoms with van der Waals surface area (Å²) in [6, 6.07) is 12.7. The van der Waals surface area contributed by atoms with Crippen LogP contribution in [0, 0.1) is 0 Å². The van der Waals surface area contributed by atoms with E-state index in [1.54, 1.807) is 12.1 Å². The number of amides is 2. The number of rotatable bonds is 6. The van der Waals surface area contributed by atoms with Crippen molar-refractivity contribution in [3.05, 3.63) is 48.0 Å². The van der Waals surface area contributed by atoms with Gasteiger partial charge in [-0.3, -0.25) is 4.90 Å². The minimum Gasteiger partial charge on any atom is -0.445 e. The molecule has 2 amide bonds. The Kier molecular flexibility index (Phi) is 5.64. The van der Waals surface area contributed by atoms with Crippen molar-refractivity contribution in [1.82, 2.24) is 10.3 Å². The Labute approximate surface area is 172 Å². The fourth-order valence-electron chi connectivity index (χ4n) is 3.07. The number of carbonyl (C=O) groups excluding carboxylic acids is 3. The molecule has 0 bridgehead atoms. The molecule has 4 rings (SSSR count). The van der Waals surface area contributed by atoms with Crippen LogP contribution in [0.3, 0.4) is 0 Å². The van der Waals surface area contributed by atoms with E-state index in [0.29, 0.717) is 24.5 Å². The van der Waals surface area contributed by atoms with Gasteiger partial charge in [-0.15, -0.1) is 0 Å². The van der Waals surface area contributed by atoms with Gasteiger partial charge in [0.15, 0.2) is 0 Å². The number of ether oxygens (including phenoxy) is 3. The second kappa shape index (κ2) is 8.68. The van der Waals surface area contributed by atoms with Gasteiger partial charge in [-0.05, 0) is 17.7 Å². The zero-order chi connectivity index (χ0) is 20.9. The Morgan fingerprint density at radius 3 is 2.90 bits per heavy atom. The third kappa shape index (κ3) is 4.59. The number of carbonyl (C=O) groups is 3. The number of esters is 1. The zero-order valence-corrected chi connectivity index (χ0v) is 16.0. The molecule has 0 spiro atoms. The monoisotopic (exact) mass is 412 g/mol. The lowest BCUT2D eigenvalue weighted by molar-refractivity contribution is -0.133. The van der Waals surface area contributed by atoms with Gasteiger partial charge in [0.2, 0.25) is 5.88 Å². The van der Waals surface area contributed by atoms with Gasteiger partial charge >= 0.3 is 18.2 Å². The minimum absolute atomic E-state index is 0.0721. The predicted molar refractivity (Wildman–Crippen MR) is 105 cm³/mol. The van der Waals surface area contributed by atoms with Gasteiger partial charge in [0.25, 0.3) is 0 Å². The summed E-state index contributed by atoms with van der Waals surface area (Å²) in [6.45, 7) is 0.816. The van der Waals surface area contributed by atoms with E-state index >= 15 is 0 Å². The van der Waals surface area contributed by atoms with Gasteiger partial charge in [0.05, 0.1) is 12.2 Å². The van der Waals surface area contributed by atoms with Crippen LogP contribution >= 0.6 is 0 Å². The first-order valence-electron chi connectivity index (χ1n) is 9.47. The topological polar surface area (TPSA) is 119 Å².